The molecule has 1 N–H and O–H groups in total. The third-order valence-corrected chi connectivity index (χ3v) is 4.43. The summed E-state index contributed by atoms with van der Waals surface area (Å²) in [4.78, 5) is 12.2. The Kier molecular flexibility index (Phi) is 5.73. The summed E-state index contributed by atoms with van der Waals surface area (Å²) in [5, 5.41) is 2.99. The summed E-state index contributed by atoms with van der Waals surface area (Å²) >= 11 is 0. The SMILES string of the molecule is CO[C@H](NC(=O)C(C)(C)C)[C@@H]1CCC(C)(C)[C@@H](C(C)(C)C)O1. The second kappa shape index (κ2) is 6.48. The van der Waals surface area contributed by atoms with E-state index < -0.39 is 11.6 Å². The molecule has 1 aliphatic rings. The monoisotopic (exact) mass is 313 g/mol. The van der Waals surface area contributed by atoms with E-state index >= 15 is 0 Å². The van der Waals surface area contributed by atoms with Crippen LogP contribution in [0.1, 0.15) is 68.2 Å². The lowest BCUT2D eigenvalue weighted by Gasteiger charge is -2.49. The van der Waals surface area contributed by atoms with Crippen molar-refractivity contribution < 1.29 is 14.3 Å². The Labute approximate surface area is 136 Å². The van der Waals surface area contributed by atoms with Crippen molar-refractivity contribution in [2.75, 3.05) is 7.11 Å². The molecule has 1 aliphatic heterocycles. The molecule has 3 atom stereocenters. The lowest BCUT2D eigenvalue weighted by atomic mass is 9.68. The zero-order chi connectivity index (χ0) is 17.3. The van der Waals surface area contributed by atoms with E-state index in [9.17, 15) is 4.79 Å². The molecule has 0 spiro atoms. The first-order valence-electron chi connectivity index (χ1n) is 8.28. The van der Waals surface area contributed by atoms with E-state index in [4.69, 9.17) is 9.47 Å². The minimum absolute atomic E-state index is 0.0138. The molecule has 1 rings (SSSR count). The van der Waals surface area contributed by atoms with Crippen molar-refractivity contribution in [3.63, 3.8) is 0 Å². The van der Waals surface area contributed by atoms with Crippen molar-refractivity contribution in [1.82, 2.24) is 5.32 Å². The number of hydrogen-bond acceptors (Lipinski definition) is 3. The Balaban J connectivity index is 2.85. The molecule has 0 radical (unpaired) electrons. The van der Waals surface area contributed by atoms with Crippen molar-refractivity contribution in [3.8, 4) is 0 Å². The molecule has 4 nitrogen and oxygen atoms in total. The average Bonchev–Trinajstić information content (AvgIpc) is 2.33. The maximum atomic E-state index is 12.2. The van der Waals surface area contributed by atoms with Crippen LogP contribution in [-0.2, 0) is 14.3 Å². The van der Waals surface area contributed by atoms with Gasteiger partial charge in [-0.15, -0.1) is 0 Å². The fraction of sp³-hybridized carbons (Fsp3) is 0.944. The highest BCUT2D eigenvalue weighted by Crippen LogP contribution is 2.44. The summed E-state index contributed by atoms with van der Waals surface area (Å²) in [7, 11) is 1.63. The van der Waals surface area contributed by atoms with Gasteiger partial charge in [-0.05, 0) is 23.7 Å². The molecule has 0 unspecified atom stereocenters. The highest BCUT2D eigenvalue weighted by atomic mass is 16.6. The zero-order valence-corrected chi connectivity index (χ0v) is 15.9. The highest BCUT2D eigenvalue weighted by molar-refractivity contribution is 5.81. The van der Waals surface area contributed by atoms with Gasteiger partial charge in [0.1, 0.15) is 6.10 Å². The van der Waals surface area contributed by atoms with Gasteiger partial charge in [0.25, 0.3) is 0 Å². The molecule has 1 heterocycles. The van der Waals surface area contributed by atoms with Gasteiger partial charge in [0.2, 0.25) is 5.91 Å². The van der Waals surface area contributed by atoms with E-state index in [1.54, 1.807) is 7.11 Å². The number of carbonyl (C=O) groups excluding carboxylic acids is 1. The molecule has 0 aliphatic carbocycles. The summed E-state index contributed by atoms with van der Waals surface area (Å²) in [5.41, 5.74) is -0.260. The largest absolute Gasteiger partial charge is 0.369 e. The van der Waals surface area contributed by atoms with Crippen LogP contribution in [0.5, 0.6) is 0 Å². The topological polar surface area (TPSA) is 47.6 Å². The predicted octanol–water partition coefficient (Wildman–Crippen LogP) is 3.74. The van der Waals surface area contributed by atoms with E-state index in [2.05, 4.69) is 39.9 Å². The zero-order valence-electron chi connectivity index (χ0n) is 15.9. The van der Waals surface area contributed by atoms with Crippen LogP contribution < -0.4 is 5.32 Å². The molecular formula is C18H35NO3. The average molecular weight is 313 g/mol. The third kappa shape index (κ3) is 4.69. The number of hydrogen-bond donors (Lipinski definition) is 1. The molecule has 22 heavy (non-hydrogen) atoms. The van der Waals surface area contributed by atoms with Crippen LogP contribution in [0.3, 0.4) is 0 Å². The molecular weight excluding hydrogens is 278 g/mol. The van der Waals surface area contributed by atoms with E-state index in [0.29, 0.717) is 0 Å². The lowest BCUT2D eigenvalue weighted by Crippen LogP contribution is -2.56. The number of nitrogens with one attached hydrogen (secondary N) is 1. The van der Waals surface area contributed by atoms with E-state index in [1.165, 1.54) is 0 Å². The molecule has 0 bridgehead atoms. The predicted molar refractivity (Wildman–Crippen MR) is 89.5 cm³/mol. The van der Waals surface area contributed by atoms with E-state index in [-0.39, 0.29) is 28.9 Å². The van der Waals surface area contributed by atoms with Gasteiger partial charge in [-0.2, -0.15) is 0 Å². The van der Waals surface area contributed by atoms with E-state index in [1.807, 2.05) is 20.8 Å². The molecule has 1 amide bonds. The number of amides is 1. The first kappa shape index (κ1) is 19.4. The molecule has 1 fully saturated rings. The van der Waals surface area contributed by atoms with Crippen molar-refractivity contribution in [2.24, 2.45) is 16.2 Å². The van der Waals surface area contributed by atoms with Crippen LogP contribution in [0.15, 0.2) is 0 Å². The Bertz CT molecular complexity index is 390. The van der Waals surface area contributed by atoms with Crippen molar-refractivity contribution >= 4 is 5.91 Å². The fourth-order valence-corrected chi connectivity index (χ4v) is 3.32. The second-order valence-corrected chi connectivity index (χ2v) is 9.33. The summed E-state index contributed by atoms with van der Waals surface area (Å²) in [6, 6.07) is 0. The van der Waals surface area contributed by atoms with Gasteiger partial charge in [0.15, 0.2) is 6.23 Å². The number of ether oxygens (including phenoxy) is 2. The minimum atomic E-state index is -0.436. The number of carbonyl (C=O) groups is 1. The van der Waals surface area contributed by atoms with E-state index in [0.717, 1.165) is 12.8 Å². The van der Waals surface area contributed by atoms with Crippen LogP contribution in [0, 0.1) is 16.2 Å². The number of methoxy groups -OCH3 is 1. The van der Waals surface area contributed by atoms with Gasteiger partial charge in [-0.25, -0.2) is 0 Å². The Morgan fingerprint density at radius 2 is 1.77 bits per heavy atom. The van der Waals surface area contributed by atoms with Crippen molar-refractivity contribution in [2.45, 2.75) is 86.7 Å². The quantitative estimate of drug-likeness (QED) is 0.807. The van der Waals surface area contributed by atoms with Crippen LogP contribution in [-0.4, -0.2) is 31.5 Å². The highest BCUT2D eigenvalue weighted by Gasteiger charge is 2.46. The van der Waals surface area contributed by atoms with Crippen LogP contribution in [0.2, 0.25) is 0 Å². The Hall–Kier alpha value is -0.610. The molecule has 130 valence electrons. The standard InChI is InChI=1S/C18H35NO3/c1-16(2,3)14-18(7,8)11-10-12(22-14)13(21-9)19-15(20)17(4,5)6/h12-14H,10-11H2,1-9H3,(H,19,20)/t12-,13-,14+/m0/s1. The number of rotatable bonds is 3. The molecule has 0 aromatic carbocycles. The van der Waals surface area contributed by atoms with Crippen molar-refractivity contribution in [3.05, 3.63) is 0 Å². The van der Waals surface area contributed by atoms with Gasteiger partial charge in [-0.1, -0.05) is 55.4 Å². The third-order valence-electron chi connectivity index (χ3n) is 4.43. The van der Waals surface area contributed by atoms with Crippen LogP contribution >= 0.6 is 0 Å². The summed E-state index contributed by atoms with van der Waals surface area (Å²) in [6.45, 7) is 16.8. The van der Waals surface area contributed by atoms with Crippen LogP contribution in [0.25, 0.3) is 0 Å². The first-order chi connectivity index (χ1) is 9.79. The summed E-state index contributed by atoms with van der Waals surface area (Å²) < 4.78 is 11.9. The Morgan fingerprint density at radius 3 is 2.18 bits per heavy atom. The van der Waals surface area contributed by atoms with Gasteiger partial charge in [0, 0.05) is 12.5 Å². The summed E-state index contributed by atoms with van der Waals surface area (Å²) in [5.74, 6) is -0.0138. The molecule has 0 aromatic heterocycles. The lowest BCUT2D eigenvalue weighted by molar-refractivity contribution is -0.199. The van der Waals surface area contributed by atoms with Gasteiger partial charge >= 0.3 is 0 Å². The van der Waals surface area contributed by atoms with Gasteiger partial charge in [0.05, 0.1) is 6.10 Å². The van der Waals surface area contributed by atoms with Crippen LogP contribution in [0.4, 0.5) is 0 Å². The molecule has 0 saturated carbocycles. The smallest absolute Gasteiger partial charge is 0.227 e. The van der Waals surface area contributed by atoms with Gasteiger partial charge < -0.3 is 14.8 Å². The first-order valence-corrected chi connectivity index (χ1v) is 8.28. The maximum Gasteiger partial charge on any atom is 0.227 e. The molecule has 0 aromatic rings. The second-order valence-electron chi connectivity index (χ2n) is 9.33. The molecule has 4 heteroatoms. The minimum Gasteiger partial charge on any atom is -0.369 e. The van der Waals surface area contributed by atoms with Gasteiger partial charge in [-0.3, -0.25) is 4.79 Å². The van der Waals surface area contributed by atoms with Crippen molar-refractivity contribution in [1.29, 1.82) is 0 Å². The molecule has 1 saturated heterocycles. The summed E-state index contributed by atoms with van der Waals surface area (Å²) in [6.07, 6.45) is 1.58. The normalized spacial score (nSPS) is 27.3. The fourth-order valence-electron chi connectivity index (χ4n) is 3.32. The Morgan fingerprint density at radius 1 is 1.23 bits per heavy atom. The maximum absolute atomic E-state index is 12.2.